The van der Waals surface area contributed by atoms with Gasteiger partial charge in [-0.1, -0.05) is 6.85 Å². The number of hydrogen-bond donors (Lipinski definition) is 0. The highest BCUT2D eigenvalue weighted by Crippen LogP contribution is 2.28. The van der Waals surface area contributed by atoms with Gasteiger partial charge in [-0.25, -0.2) is 4.98 Å². The van der Waals surface area contributed by atoms with Crippen LogP contribution in [-0.2, 0) is 22.9 Å². The number of ether oxygens (including phenoxy) is 1. The molecule has 0 saturated carbocycles. The molecule has 4 nitrogen and oxygen atoms in total. The van der Waals surface area contributed by atoms with Gasteiger partial charge in [-0.15, -0.1) is 0 Å². The Kier molecular flexibility index (Phi) is 0.958. The molecule has 2 atom stereocenters. The van der Waals surface area contributed by atoms with Crippen LogP contribution in [0.3, 0.4) is 0 Å². The average molecular weight is 234 g/mol. The predicted octanol–water partition coefficient (Wildman–Crippen LogP) is 1.47. The summed E-state index contributed by atoms with van der Waals surface area (Å²) in [6, 6.07) is 0. The summed E-state index contributed by atoms with van der Waals surface area (Å²) in [4.78, 5) is 15.8. The largest absolute Gasteiger partial charge is 0.465 e. The van der Waals surface area contributed by atoms with Crippen LogP contribution in [0.5, 0.6) is 0 Å². The number of rotatable bonds is 3. The average Bonchev–Trinajstić information content (AvgIpc) is 2.96. The molecular weight excluding hydrogens is 204 g/mol. The summed E-state index contributed by atoms with van der Waals surface area (Å²) in [6.45, 7) is -6.09. The number of hydrogen-bond acceptors (Lipinski definition) is 3. The van der Waals surface area contributed by atoms with E-state index in [4.69, 9.17) is 16.4 Å². The standard InChI is InChI=1S/C12H18N2O2/c1-4-11-9(7-16-12(11)15)5-10-6-13-8(2)14(10)3/h6,9,11H,4-5,7H2,1-3H3/t9-,11-/m0/s1/i1D3,3D3,4D2,5D2,6D,11D. The fourth-order valence-electron chi connectivity index (χ4n) is 1.37. The van der Waals surface area contributed by atoms with Crippen LogP contribution in [0.4, 0.5) is 0 Å². The molecule has 0 radical (unpaired) electrons. The summed E-state index contributed by atoms with van der Waals surface area (Å²) in [5.74, 6) is -7.08. The van der Waals surface area contributed by atoms with Gasteiger partial charge in [0, 0.05) is 39.8 Å². The quantitative estimate of drug-likeness (QED) is 0.744. The number of carbonyl (C=O) groups excluding carboxylic acids is 1. The minimum Gasteiger partial charge on any atom is -0.465 e. The van der Waals surface area contributed by atoms with Crippen molar-refractivity contribution in [3.8, 4) is 0 Å². The maximum atomic E-state index is 12.2. The second-order valence-corrected chi connectivity index (χ2v) is 3.29. The van der Waals surface area contributed by atoms with Gasteiger partial charge in [-0.3, -0.25) is 4.79 Å². The van der Waals surface area contributed by atoms with E-state index in [0.717, 1.165) is 0 Å². The number of esters is 1. The van der Waals surface area contributed by atoms with Crippen LogP contribution < -0.4 is 0 Å². The highest BCUT2D eigenvalue weighted by atomic mass is 16.5. The van der Waals surface area contributed by atoms with E-state index in [2.05, 4.69) is 9.72 Å². The van der Waals surface area contributed by atoms with Crippen LogP contribution in [0.2, 0.25) is 0 Å². The second kappa shape index (κ2) is 4.28. The van der Waals surface area contributed by atoms with E-state index < -0.39 is 62.8 Å². The molecular formula is C12H18N2O2. The number of aryl methyl sites for hydroxylation is 1. The molecule has 0 aromatic carbocycles. The van der Waals surface area contributed by atoms with Crippen molar-refractivity contribution in [3.63, 3.8) is 0 Å². The first kappa shape index (κ1) is 3.59. The van der Waals surface area contributed by atoms with Crippen molar-refractivity contribution < 1.29 is 26.0 Å². The summed E-state index contributed by atoms with van der Waals surface area (Å²) in [6.07, 6.45) is -7.30. The molecule has 1 fully saturated rings. The Labute approximate surface area is 112 Å². The van der Waals surface area contributed by atoms with E-state index in [-0.39, 0.29) is 5.82 Å². The number of cyclic esters (lactones) is 1. The van der Waals surface area contributed by atoms with Crippen molar-refractivity contribution in [2.24, 2.45) is 18.8 Å². The molecule has 2 heterocycles. The SMILES string of the molecule is [2H]c1nc(C)n(C([2H])([2H])[2H])c1C([2H])([2H])[C@H]1COC(=O)[C@@]1([2H])C([2H])([2H])C([2H])([2H])[2H]. The van der Waals surface area contributed by atoms with Gasteiger partial charge in [-0.05, 0) is 19.7 Å². The van der Waals surface area contributed by atoms with E-state index in [1.165, 1.54) is 6.92 Å². The number of carbonyl (C=O) groups is 1. The molecule has 2 rings (SSSR count). The Balaban J connectivity index is 2.75. The Morgan fingerprint density at radius 2 is 2.81 bits per heavy atom. The fraction of sp³-hybridized carbons (Fsp3) is 0.667. The van der Waals surface area contributed by atoms with Gasteiger partial charge >= 0.3 is 5.97 Å². The molecule has 0 unspecified atom stereocenters. The Morgan fingerprint density at radius 3 is 3.56 bits per heavy atom. The molecule has 4 heteroatoms. The second-order valence-electron chi connectivity index (χ2n) is 3.29. The normalized spacial score (nSPS) is 43.8. The zero-order valence-electron chi connectivity index (χ0n) is 20.5. The Hall–Kier alpha value is -1.32. The zero-order chi connectivity index (χ0) is 22.1. The predicted molar refractivity (Wildman–Crippen MR) is 59.9 cm³/mol. The zero-order valence-corrected chi connectivity index (χ0v) is 8.50. The molecule has 1 aromatic rings. The van der Waals surface area contributed by atoms with Gasteiger partial charge < -0.3 is 9.30 Å². The molecule has 0 bridgehead atoms. The van der Waals surface area contributed by atoms with E-state index in [1.807, 2.05) is 0 Å². The lowest BCUT2D eigenvalue weighted by Gasteiger charge is -2.13. The van der Waals surface area contributed by atoms with Crippen molar-refractivity contribution in [1.82, 2.24) is 9.55 Å². The molecule has 0 aliphatic carbocycles. The third-order valence-corrected chi connectivity index (χ3v) is 2.27. The first-order valence-corrected chi connectivity index (χ1v) is 4.55. The summed E-state index contributed by atoms with van der Waals surface area (Å²) < 4.78 is 98.7. The van der Waals surface area contributed by atoms with Gasteiger partial charge in [0.2, 0.25) is 0 Å². The lowest BCUT2D eigenvalue weighted by molar-refractivity contribution is -0.141. The fourth-order valence-corrected chi connectivity index (χ4v) is 1.37. The van der Waals surface area contributed by atoms with E-state index in [1.54, 1.807) is 0 Å². The highest BCUT2D eigenvalue weighted by molar-refractivity contribution is 5.74. The summed E-state index contributed by atoms with van der Waals surface area (Å²) in [5, 5.41) is 0. The molecule has 1 aliphatic heterocycles. The third-order valence-electron chi connectivity index (χ3n) is 2.27. The maximum absolute atomic E-state index is 12.2. The van der Waals surface area contributed by atoms with Gasteiger partial charge in [-0.2, -0.15) is 0 Å². The maximum Gasteiger partial charge on any atom is 0.309 e. The van der Waals surface area contributed by atoms with Crippen molar-refractivity contribution >= 4 is 5.97 Å². The third kappa shape index (κ3) is 1.84. The van der Waals surface area contributed by atoms with Crippen molar-refractivity contribution in [2.75, 3.05) is 6.61 Å². The molecule has 1 saturated heterocycles. The molecule has 0 spiro atoms. The minimum absolute atomic E-state index is 0.233. The monoisotopic (exact) mass is 234 g/mol. The topological polar surface area (TPSA) is 44.1 Å². The summed E-state index contributed by atoms with van der Waals surface area (Å²) in [7, 11) is 0. The minimum atomic E-state index is -3.52. The molecule has 16 heavy (non-hydrogen) atoms. The van der Waals surface area contributed by atoms with Crippen molar-refractivity contribution in [1.29, 1.82) is 0 Å². The Bertz CT molecular complexity index is 796. The van der Waals surface area contributed by atoms with Gasteiger partial charge in [0.15, 0.2) is 0 Å². The first-order chi connectivity index (χ1) is 12.3. The van der Waals surface area contributed by atoms with Crippen molar-refractivity contribution in [3.05, 3.63) is 17.7 Å². The van der Waals surface area contributed by atoms with E-state index in [9.17, 15) is 4.79 Å². The van der Waals surface area contributed by atoms with Gasteiger partial charge in [0.1, 0.15) is 5.82 Å². The summed E-state index contributed by atoms with van der Waals surface area (Å²) in [5.41, 5.74) is -0.814. The molecule has 88 valence electrons. The van der Waals surface area contributed by atoms with Gasteiger partial charge in [0.25, 0.3) is 0 Å². The molecule has 0 N–H and O–H groups in total. The van der Waals surface area contributed by atoms with Crippen LogP contribution in [0, 0.1) is 18.7 Å². The molecule has 0 amide bonds. The van der Waals surface area contributed by atoms with Crippen LogP contribution in [0.25, 0.3) is 0 Å². The highest BCUT2D eigenvalue weighted by Gasteiger charge is 2.35. The van der Waals surface area contributed by atoms with Crippen LogP contribution in [0.15, 0.2) is 6.17 Å². The first-order valence-electron chi connectivity index (χ1n) is 10.6. The lowest BCUT2D eigenvalue weighted by Crippen LogP contribution is -2.18. The van der Waals surface area contributed by atoms with E-state index in [0.29, 0.717) is 4.57 Å². The van der Waals surface area contributed by atoms with Crippen LogP contribution in [-0.4, -0.2) is 22.1 Å². The lowest BCUT2D eigenvalue weighted by atomic mass is 9.89. The number of imidazole rings is 1. The van der Waals surface area contributed by atoms with Crippen LogP contribution >= 0.6 is 0 Å². The van der Waals surface area contributed by atoms with Crippen LogP contribution in [0.1, 0.15) is 41.2 Å². The smallest absolute Gasteiger partial charge is 0.309 e. The van der Waals surface area contributed by atoms with Crippen molar-refractivity contribution in [2.45, 2.75) is 26.5 Å². The molecule has 1 aromatic heterocycles. The summed E-state index contributed by atoms with van der Waals surface area (Å²) >= 11 is 0. The van der Waals surface area contributed by atoms with Gasteiger partial charge in [0.05, 0.1) is 13.9 Å². The van der Waals surface area contributed by atoms with E-state index >= 15 is 0 Å². The number of aromatic nitrogens is 2. The molecule has 1 aliphatic rings. The Morgan fingerprint density at radius 1 is 1.94 bits per heavy atom. The number of nitrogens with zero attached hydrogens (tertiary/aromatic N) is 2.